The Morgan fingerprint density at radius 2 is 1.60 bits per heavy atom. The molecule has 0 spiro atoms. The quantitative estimate of drug-likeness (QED) is 0.247. The van der Waals surface area contributed by atoms with Crippen LogP contribution in [0.2, 0.25) is 0 Å². The number of amides is 4. The van der Waals surface area contributed by atoms with Gasteiger partial charge in [0.05, 0.1) is 17.5 Å². The van der Waals surface area contributed by atoms with Crippen LogP contribution in [-0.2, 0) is 19.2 Å². The van der Waals surface area contributed by atoms with E-state index < -0.39 is 45.2 Å². The topological polar surface area (TPSA) is 95.0 Å². The molecule has 7 rings (SSSR count). The van der Waals surface area contributed by atoms with Crippen molar-refractivity contribution in [1.29, 1.82) is 0 Å². The van der Waals surface area contributed by atoms with E-state index in [-0.39, 0.29) is 30.4 Å². The van der Waals surface area contributed by atoms with Crippen LogP contribution in [0.4, 0.5) is 5.69 Å². The third-order valence-corrected chi connectivity index (χ3v) is 11.1. The van der Waals surface area contributed by atoms with E-state index in [4.69, 9.17) is 23.2 Å². The molecule has 4 aliphatic rings. The number of imide groups is 2. The van der Waals surface area contributed by atoms with Crippen molar-refractivity contribution in [2.24, 2.45) is 17.8 Å². The van der Waals surface area contributed by atoms with Crippen LogP contribution < -0.4 is 4.90 Å². The molecular weight excluding hydrogens is 575 g/mol. The highest BCUT2D eigenvalue weighted by Crippen LogP contribution is 2.66. The molecule has 3 aromatic rings. The molecular formula is C33H26Cl2N2O5. The van der Waals surface area contributed by atoms with Crippen LogP contribution in [0.15, 0.2) is 78.9 Å². The third kappa shape index (κ3) is 3.23. The Hall–Kier alpha value is -3.94. The molecule has 0 unspecified atom stereocenters. The van der Waals surface area contributed by atoms with Crippen molar-refractivity contribution in [2.75, 3.05) is 11.9 Å². The number of rotatable bonds is 3. The number of likely N-dealkylation sites (tertiary alicyclic amines) is 1. The highest BCUT2D eigenvalue weighted by Gasteiger charge is 2.76. The van der Waals surface area contributed by atoms with Crippen LogP contribution in [0, 0.1) is 17.8 Å². The summed E-state index contributed by atoms with van der Waals surface area (Å²) in [6, 6.07) is 17.4. The predicted molar refractivity (Wildman–Crippen MR) is 160 cm³/mol. The molecule has 2 aliphatic heterocycles. The van der Waals surface area contributed by atoms with Crippen molar-refractivity contribution in [3.8, 4) is 5.75 Å². The number of hydrogen-bond donors (Lipinski definition) is 1. The van der Waals surface area contributed by atoms with Crippen molar-refractivity contribution < 1.29 is 24.3 Å². The maximum atomic E-state index is 14.1. The number of phenolic OH excluding ortho intramolecular Hbond substituents is 1. The van der Waals surface area contributed by atoms with Crippen molar-refractivity contribution in [1.82, 2.24) is 4.90 Å². The number of allylic oxidation sites excluding steroid dienone is 2. The zero-order valence-electron chi connectivity index (χ0n) is 22.6. The number of carbonyl (C=O) groups is 4. The van der Waals surface area contributed by atoms with E-state index >= 15 is 0 Å². The van der Waals surface area contributed by atoms with Gasteiger partial charge in [0.25, 0.3) is 11.8 Å². The van der Waals surface area contributed by atoms with Crippen molar-refractivity contribution in [3.05, 3.63) is 90.0 Å². The Kier molecular flexibility index (Phi) is 5.79. The van der Waals surface area contributed by atoms with Gasteiger partial charge in [0.1, 0.15) is 5.75 Å². The van der Waals surface area contributed by atoms with Crippen molar-refractivity contribution >= 4 is 69.4 Å². The molecule has 9 heteroatoms. The van der Waals surface area contributed by atoms with Gasteiger partial charge in [-0.1, -0.05) is 66.8 Å². The van der Waals surface area contributed by atoms with Crippen LogP contribution in [0.5, 0.6) is 5.75 Å². The van der Waals surface area contributed by atoms with Gasteiger partial charge in [-0.25, -0.2) is 0 Å². The lowest BCUT2D eigenvalue weighted by Crippen LogP contribution is -2.60. The van der Waals surface area contributed by atoms with Gasteiger partial charge in [0, 0.05) is 18.4 Å². The third-order valence-electron chi connectivity index (χ3n) is 9.65. The molecule has 0 radical (unpaired) electrons. The number of benzene rings is 3. The van der Waals surface area contributed by atoms with Crippen LogP contribution in [0.3, 0.4) is 0 Å². The summed E-state index contributed by atoms with van der Waals surface area (Å²) in [6.07, 6.45) is 3.78. The minimum atomic E-state index is -1.89. The van der Waals surface area contributed by atoms with Gasteiger partial charge in [-0.05, 0) is 53.5 Å². The smallest absolute Gasteiger partial charge is 0.253 e. The molecule has 42 heavy (non-hydrogen) atoms. The highest BCUT2D eigenvalue weighted by molar-refractivity contribution is 6.53. The zero-order valence-corrected chi connectivity index (χ0v) is 24.1. The molecule has 3 fully saturated rings. The molecule has 4 amide bonds. The number of fused-ring (bicyclic) bond motifs is 5. The molecule has 7 nitrogen and oxygen atoms in total. The van der Waals surface area contributed by atoms with E-state index in [9.17, 15) is 24.3 Å². The lowest BCUT2D eigenvalue weighted by atomic mass is 9.56. The summed E-state index contributed by atoms with van der Waals surface area (Å²) in [6.45, 7) is 3.76. The first-order chi connectivity index (χ1) is 20.0. The lowest BCUT2D eigenvalue weighted by Gasteiger charge is -2.51. The van der Waals surface area contributed by atoms with E-state index in [0.29, 0.717) is 27.6 Å². The molecule has 2 heterocycles. The maximum Gasteiger partial charge on any atom is 0.253 e. The first-order valence-electron chi connectivity index (χ1n) is 13.8. The van der Waals surface area contributed by atoms with E-state index in [2.05, 4.69) is 6.58 Å². The van der Waals surface area contributed by atoms with Crippen molar-refractivity contribution in [2.45, 2.75) is 28.5 Å². The van der Waals surface area contributed by atoms with E-state index in [1.807, 2.05) is 18.2 Å². The number of carbonyl (C=O) groups excluding carboxylic acids is 4. The lowest BCUT2D eigenvalue weighted by molar-refractivity contribution is -0.138. The second kappa shape index (κ2) is 9.03. The van der Waals surface area contributed by atoms with Gasteiger partial charge in [0.15, 0.2) is 9.75 Å². The standard InChI is InChI=1S/C33H26Cl2N2O5/c1-3-17-8-10-18(11-9-17)37-28(39)23-13-12-22-24(26(23)29(37)40)16-32(34)30(41)36(2)31(42)33(32,35)27(22)21-14-15-25(38)20-7-5-4-6-19(20)21/h3-12,14-15,23-24,26-27,38H,1,13,16H2,2H3/t23-,24+,26-,27-,32+,33-/m0/s1. The SMILES string of the molecule is C=Cc1ccc(N2C(=O)[C@H]3[C@H](CC=C4[C@H]3C[C@@]3(Cl)C(=O)N(C)C(=O)[C@@]3(Cl)[C@H]4c3ccc(O)c4ccccc34)C2=O)cc1. The molecule has 0 aromatic heterocycles. The van der Waals surface area contributed by atoms with E-state index in [1.54, 1.807) is 48.5 Å². The molecule has 6 atom stereocenters. The van der Waals surface area contributed by atoms with E-state index in [0.717, 1.165) is 10.5 Å². The number of anilines is 1. The summed E-state index contributed by atoms with van der Waals surface area (Å²) in [4.78, 5) is 53.8. The van der Waals surface area contributed by atoms with Crippen LogP contribution >= 0.6 is 23.2 Å². The second-order valence-electron chi connectivity index (χ2n) is 11.5. The summed E-state index contributed by atoms with van der Waals surface area (Å²) in [7, 11) is 1.36. The van der Waals surface area contributed by atoms with Gasteiger partial charge >= 0.3 is 0 Å². The highest BCUT2D eigenvalue weighted by atomic mass is 35.5. The molecule has 1 N–H and O–H groups in total. The predicted octanol–water partition coefficient (Wildman–Crippen LogP) is 5.38. The normalized spacial score (nSPS) is 32.1. The molecule has 1 saturated carbocycles. The number of alkyl halides is 2. The Labute approximate surface area is 252 Å². The first kappa shape index (κ1) is 26.9. The summed E-state index contributed by atoms with van der Waals surface area (Å²) in [5, 5.41) is 11.8. The monoisotopic (exact) mass is 600 g/mol. The van der Waals surface area contributed by atoms with Gasteiger partial charge < -0.3 is 5.11 Å². The minimum absolute atomic E-state index is 0.0563. The molecule has 0 bridgehead atoms. The fraction of sp³-hybridized carbons (Fsp3) is 0.273. The van der Waals surface area contributed by atoms with E-state index in [1.165, 1.54) is 18.0 Å². The first-order valence-corrected chi connectivity index (χ1v) is 14.5. The van der Waals surface area contributed by atoms with Gasteiger partial charge in [-0.2, -0.15) is 0 Å². The van der Waals surface area contributed by atoms with Gasteiger partial charge in [0.2, 0.25) is 11.8 Å². The Morgan fingerprint density at radius 3 is 2.29 bits per heavy atom. The van der Waals surface area contributed by atoms with Gasteiger partial charge in [-0.3, -0.25) is 29.0 Å². The molecule has 3 aromatic carbocycles. The van der Waals surface area contributed by atoms with Crippen LogP contribution in [0.25, 0.3) is 16.8 Å². The number of nitrogens with zero attached hydrogens (tertiary/aromatic N) is 2. The summed E-state index contributed by atoms with van der Waals surface area (Å²) < 4.78 is 0. The number of phenols is 1. The van der Waals surface area contributed by atoms with Crippen LogP contribution in [0.1, 0.15) is 29.9 Å². The number of halogens is 2. The fourth-order valence-electron chi connectivity index (χ4n) is 7.66. The zero-order chi connectivity index (χ0) is 29.7. The largest absolute Gasteiger partial charge is 0.507 e. The Balaban J connectivity index is 1.42. The van der Waals surface area contributed by atoms with Crippen molar-refractivity contribution in [3.63, 3.8) is 0 Å². The average molecular weight is 601 g/mol. The summed E-state index contributed by atoms with van der Waals surface area (Å²) in [5.74, 6) is -4.82. The number of aromatic hydroxyl groups is 1. The minimum Gasteiger partial charge on any atom is -0.507 e. The average Bonchev–Trinajstić information content (AvgIpc) is 3.33. The second-order valence-corrected chi connectivity index (χ2v) is 12.8. The fourth-order valence-corrected chi connectivity index (χ4v) is 8.67. The molecule has 212 valence electrons. The summed E-state index contributed by atoms with van der Waals surface area (Å²) in [5.41, 5.74) is 2.64. The van der Waals surface area contributed by atoms with Gasteiger partial charge in [-0.15, -0.1) is 23.2 Å². The number of hydrogen-bond acceptors (Lipinski definition) is 5. The molecule has 2 saturated heterocycles. The Morgan fingerprint density at radius 1 is 0.905 bits per heavy atom. The maximum absolute atomic E-state index is 14.1. The van der Waals surface area contributed by atoms with Crippen LogP contribution in [-0.4, -0.2) is 50.4 Å². The summed E-state index contributed by atoms with van der Waals surface area (Å²) >= 11 is 14.6. The Bertz CT molecular complexity index is 1780. The molecule has 2 aliphatic carbocycles.